The molecule has 0 heterocycles. The molecule has 0 aliphatic carbocycles. The lowest BCUT2D eigenvalue weighted by molar-refractivity contribution is -0.145. The molecule has 0 saturated heterocycles. The number of benzene rings is 1. The van der Waals surface area contributed by atoms with E-state index < -0.39 is 6.10 Å². The van der Waals surface area contributed by atoms with E-state index in [1.165, 1.54) is 5.56 Å². The second-order valence-corrected chi connectivity index (χ2v) is 5.00. The number of ether oxygens (including phenoxy) is 1. The summed E-state index contributed by atoms with van der Waals surface area (Å²) in [5.74, 6) is -0.348. The maximum absolute atomic E-state index is 11.2. The van der Waals surface area contributed by atoms with Crippen LogP contribution in [0.1, 0.15) is 32.3 Å². The quantitative estimate of drug-likeness (QED) is 0.678. The minimum absolute atomic E-state index is 0.0479. The highest BCUT2D eigenvalue weighted by Crippen LogP contribution is 2.05. The Labute approximate surface area is 121 Å². The van der Waals surface area contributed by atoms with Gasteiger partial charge in [0.1, 0.15) is 0 Å². The second kappa shape index (κ2) is 9.50. The number of esters is 1. The molecule has 1 aromatic carbocycles. The maximum atomic E-state index is 11.2. The zero-order valence-corrected chi connectivity index (χ0v) is 12.3. The van der Waals surface area contributed by atoms with Crippen LogP contribution >= 0.6 is 0 Å². The van der Waals surface area contributed by atoms with E-state index in [-0.39, 0.29) is 12.4 Å². The van der Waals surface area contributed by atoms with E-state index in [1.54, 1.807) is 6.92 Å². The van der Waals surface area contributed by atoms with Crippen molar-refractivity contribution in [2.24, 2.45) is 0 Å². The van der Waals surface area contributed by atoms with Crippen molar-refractivity contribution in [1.82, 2.24) is 5.32 Å². The number of aliphatic hydroxyl groups is 1. The molecule has 4 heteroatoms. The summed E-state index contributed by atoms with van der Waals surface area (Å²) in [5, 5.41) is 13.0. The first-order valence-electron chi connectivity index (χ1n) is 7.22. The molecule has 0 aliphatic rings. The number of nitrogens with one attached hydrogen (secondary N) is 1. The first kappa shape index (κ1) is 16.7. The summed E-state index contributed by atoms with van der Waals surface area (Å²) in [6.07, 6.45) is 1.36. The fourth-order valence-corrected chi connectivity index (χ4v) is 1.95. The monoisotopic (exact) mass is 279 g/mol. The van der Waals surface area contributed by atoms with E-state index in [0.717, 1.165) is 12.8 Å². The number of carbonyl (C=O) groups is 1. The van der Waals surface area contributed by atoms with E-state index in [4.69, 9.17) is 4.74 Å². The van der Waals surface area contributed by atoms with Gasteiger partial charge in [0.05, 0.1) is 19.1 Å². The van der Waals surface area contributed by atoms with Crippen LogP contribution in [0.4, 0.5) is 0 Å². The van der Waals surface area contributed by atoms with Crippen LogP contribution < -0.4 is 5.32 Å². The molecule has 0 radical (unpaired) electrons. The lowest BCUT2D eigenvalue weighted by atomic mass is 10.1. The van der Waals surface area contributed by atoms with Crippen molar-refractivity contribution in [3.63, 3.8) is 0 Å². The fraction of sp³-hybridized carbons (Fsp3) is 0.562. The standard InChI is InChI=1S/C16H25NO3/c1-3-20-16(19)11-15(18)12-17-13(2)9-10-14-7-5-4-6-8-14/h4-8,13,15,17-18H,3,9-12H2,1-2H3. The SMILES string of the molecule is CCOC(=O)CC(O)CNC(C)CCc1ccccc1. The van der Waals surface area contributed by atoms with E-state index >= 15 is 0 Å². The molecule has 2 unspecified atom stereocenters. The fourth-order valence-electron chi connectivity index (χ4n) is 1.95. The number of carbonyl (C=O) groups excluding carboxylic acids is 1. The summed E-state index contributed by atoms with van der Waals surface area (Å²) < 4.78 is 4.80. The number of hydrogen-bond donors (Lipinski definition) is 2. The Morgan fingerprint density at radius 2 is 2.05 bits per heavy atom. The summed E-state index contributed by atoms with van der Waals surface area (Å²) in [6.45, 7) is 4.61. The molecule has 0 amide bonds. The van der Waals surface area contributed by atoms with Crippen LogP contribution in [0.5, 0.6) is 0 Å². The second-order valence-electron chi connectivity index (χ2n) is 5.00. The molecule has 20 heavy (non-hydrogen) atoms. The highest BCUT2D eigenvalue weighted by molar-refractivity contribution is 5.69. The molecule has 0 spiro atoms. The molecule has 0 aliphatic heterocycles. The largest absolute Gasteiger partial charge is 0.466 e. The number of aryl methyl sites for hydroxylation is 1. The topological polar surface area (TPSA) is 58.6 Å². The lowest BCUT2D eigenvalue weighted by Crippen LogP contribution is -2.35. The molecule has 1 aromatic rings. The van der Waals surface area contributed by atoms with E-state index in [0.29, 0.717) is 19.2 Å². The molecular weight excluding hydrogens is 254 g/mol. The number of rotatable bonds is 9. The number of aliphatic hydroxyl groups excluding tert-OH is 1. The van der Waals surface area contributed by atoms with Crippen molar-refractivity contribution in [2.75, 3.05) is 13.2 Å². The normalized spacial score (nSPS) is 13.8. The summed E-state index contributed by atoms with van der Waals surface area (Å²) in [7, 11) is 0. The third-order valence-corrected chi connectivity index (χ3v) is 3.12. The highest BCUT2D eigenvalue weighted by Gasteiger charge is 2.12. The molecule has 1 rings (SSSR count). The van der Waals surface area contributed by atoms with Gasteiger partial charge in [-0.3, -0.25) is 4.79 Å². The van der Waals surface area contributed by atoms with Gasteiger partial charge in [-0.05, 0) is 32.3 Å². The summed E-state index contributed by atoms with van der Waals surface area (Å²) >= 11 is 0. The Balaban J connectivity index is 2.16. The predicted octanol–water partition coefficient (Wildman–Crippen LogP) is 1.91. The van der Waals surface area contributed by atoms with Crippen molar-refractivity contribution in [3.8, 4) is 0 Å². The van der Waals surface area contributed by atoms with Crippen LogP contribution in [0, 0.1) is 0 Å². The van der Waals surface area contributed by atoms with Gasteiger partial charge in [-0.25, -0.2) is 0 Å². The zero-order chi connectivity index (χ0) is 14.8. The van der Waals surface area contributed by atoms with Crippen molar-refractivity contribution >= 4 is 5.97 Å². The van der Waals surface area contributed by atoms with Crippen LogP contribution in [0.15, 0.2) is 30.3 Å². The third-order valence-electron chi connectivity index (χ3n) is 3.12. The molecular formula is C16H25NO3. The van der Waals surface area contributed by atoms with Gasteiger partial charge >= 0.3 is 5.97 Å². The van der Waals surface area contributed by atoms with Crippen molar-refractivity contribution in [2.45, 2.75) is 45.3 Å². The minimum Gasteiger partial charge on any atom is -0.466 e. The van der Waals surface area contributed by atoms with Crippen molar-refractivity contribution in [3.05, 3.63) is 35.9 Å². The van der Waals surface area contributed by atoms with Crippen LogP contribution in [0.3, 0.4) is 0 Å². The van der Waals surface area contributed by atoms with Crippen LogP contribution in [0.25, 0.3) is 0 Å². The highest BCUT2D eigenvalue weighted by atomic mass is 16.5. The Hall–Kier alpha value is -1.39. The van der Waals surface area contributed by atoms with Crippen LogP contribution in [0.2, 0.25) is 0 Å². The molecule has 0 bridgehead atoms. The third kappa shape index (κ3) is 7.26. The van der Waals surface area contributed by atoms with E-state index in [2.05, 4.69) is 24.4 Å². The number of hydrogen-bond acceptors (Lipinski definition) is 4. The van der Waals surface area contributed by atoms with Crippen molar-refractivity contribution < 1.29 is 14.6 Å². The molecule has 4 nitrogen and oxygen atoms in total. The lowest BCUT2D eigenvalue weighted by Gasteiger charge is -2.16. The van der Waals surface area contributed by atoms with Gasteiger partial charge in [0.2, 0.25) is 0 Å². The Morgan fingerprint density at radius 3 is 2.70 bits per heavy atom. The summed E-state index contributed by atoms with van der Waals surface area (Å²) in [5.41, 5.74) is 1.31. The average molecular weight is 279 g/mol. The van der Waals surface area contributed by atoms with Gasteiger partial charge in [0.15, 0.2) is 0 Å². The van der Waals surface area contributed by atoms with Crippen molar-refractivity contribution in [1.29, 1.82) is 0 Å². The molecule has 0 fully saturated rings. The molecule has 0 aromatic heterocycles. The summed E-state index contributed by atoms with van der Waals surface area (Å²) in [4.78, 5) is 11.2. The van der Waals surface area contributed by atoms with Crippen LogP contribution in [-0.2, 0) is 16.0 Å². The van der Waals surface area contributed by atoms with E-state index in [9.17, 15) is 9.90 Å². The van der Waals surface area contributed by atoms with Gasteiger partial charge in [0.25, 0.3) is 0 Å². The van der Waals surface area contributed by atoms with Gasteiger partial charge < -0.3 is 15.2 Å². The first-order chi connectivity index (χ1) is 9.61. The van der Waals surface area contributed by atoms with Gasteiger partial charge in [0, 0.05) is 12.6 Å². The first-order valence-corrected chi connectivity index (χ1v) is 7.22. The van der Waals surface area contributed by atoms with Gasteiger partial charge in [-0.15, -0.1) is 0 Å². The van der Waals surface area contributed by atoms with Gasteiger partial charge in [-0.1, -0.05) is 30.3 Å². The van der Waals surface area contributed by atoms with Crippen LogP contribution in [-0.4, -0.2) is 36.4 Å². The molecule has 112 valence electrons. The maximum Gasteiger partial charge on any atom is 0.308 e. The predicted molar refractivity (Wildman–Crippen MR) is 79.5 cm³/mol. The Morgan fingerprint density at radius 1 is 1.35 bits per heavy atom. The molecule has 2 N–H and O–H groups in total. The Kier molecular flexibility index (Phi) is 7.92. The Bertz CT molecular complexity index is 381. The average Bonchev–Trinajstić information content (AvgIpc) is 2.44. The van der Waals surface area contributed by atoms with Gasteiger partial charge in [-0.2, -0.15) is 0 Å². The minimum atomic E-state index is -0.687. The van der Waals surface area contributed by atoms with E-state index in [1.807, 2.05) is 18.2 Å². The molecule has 2 atom stereocenters. The summed E-state index contributed by atoms with van der Waals surface area (Å²) in [6, 6.07) is 10.6. The molecule has 0 saturated carbocycles. The smallest absolute Gasteiger partial charge is 0.308 e. The zero-order valence-electron chi connectivity index (χ0n) is 12.3.